The molecule has 0 spiro atoms. The molecule has 0 bridgehead atoms. The van der Waals surface area contributed by atoms with Crippen molar-refractivity contribution in [3.8, 4) is 11.8 Å². The molecule has 2 aromatic rings. The number of hydrogen-bond donors (Lipinski definition) is 0. The lowest BCUT2D eigenvalue weighted by Crippen LogP contribution is -2.49. The van der Waals surface area contributed by atoms with Crippen molar-refractivity contribution in [1.29, 1.82) is 5.26 Å². The summed E-state index contributed by atoms with van der Waals surface area (Å²) in [6, 6.07) is 12.6. The second kappa shape index (κ2) is 8.18. The van der Waals surface area contributed by atoms with E-state index in [1.165, 1.54) is 11.3 Å². The normalized spacial score (nSPS) is 16.3. The lowest BCUT2D eigenvalue weighted by atomic mass is 10.2. The molecule has 8 heteroatoms. The predicted octanol–water partition coefficient (Wildman–Crippen LogP) is 2.31. The van der Waals surface area contributed by atoms with Crippen LogP contribution in [0.3, 0.4) is 0 Å². The largest absolute Gasteiger partial charge is 0.492 e. The van der Waals surface area contributed by atoms with Crippen LogP contribution in [0.5, 0.6) is 5.75 Å². The average Bonchev–Trinajstić information content (AvgIpc) is 3.10. The highest BCUT2D eigenvalue weighted by Gasteiger charge is 2.29. The van der Waals surface area contributed by atoms with Gasteiger partial charge in [0.15, 0.2) is 0 Å². The second-order valence-corrected chi connectivity index (χ2v) is 9.55. The zero-order valence-corrected chi connectivity index (χ0v) is 16.2. The van der Waals surface area contributed by atoms with Crippen molar-refractivity contribution < 1.29 is 13.2 Å². The first-order valence-corrected chi connectivity index (χ1v) is 10.7. The average molecular weight is 392 g/mol. The Morgan fingerprint density at radius 3 is 2.38 bits per heavy atom. The number of benzene rings is 1. The van der Waals surface area contributed by atoms with Crippen molar-refractivity contribution in [1.82, 2.24) is 9.21 Å². The Morgan fingerprint density at radius 2 is 1.81 bits per heavy atom. The van der Waals surface area contributed by atoms with E-state index in [0.29, 0.717) is 42.6 Å². The number of thiophene rings is 1. The molecule has 0 saturated carbocycles. The van der Waals surface area contributed by atoms with Crippen molar-refractivity contribution in [2.45, 2.75) is 11.1 Å². The minimum absolute atomic E-state index is 0.424. The summed E-state index contributed by atoms with van der Waals surface area (Å²) in [7, 11) is -3.37. The Hall–Kier alpha value is -1.92. The predicted molar refractivity (Wildman–Crippen MR) is 101 cm³/mol. The SMILES string of the molecule is Cc1ccc(S(=O)(=O)N2CCN(CCOc3ccc(C#N)cc3)CC2)s1. The van der Waals surface area contributed by atoms with E-state index in [-0.39, 0.29) is 0 Å². The number of ether oxygens (including phenoxy) is 1. The van der Waals surface area contributed by atoms with E-state index in [4.69, 9.17) is 10.00 Å². The summed E-state index contributed by atoms with van der Waals surface area (Å²) >= 11 is 1.32. The zero-order chi connectivity index (χ0) is 18.6. The highest BCUT2D eigenvalue weighted by Crippen LogP contribution is 2.25. The lowest BCUT2D eigenvalue weighted by Gasteiger charge is -2.33. The zero-order valence-electron chi connectivity index (χ0n) is 14.6. The van der Waals surface area contributed by atoms with Crippen LogP contribution in [0.1, 0.15) is 10.4 Å². The Morgan fingerprint density at radius 1 is 1.12 bits per heavy atom. The molecule has 1 saturated heterocycles. The van der Waals surface area contributed by atoms with Crippen molar-refractivity contribution in [3.05, 3.63) is 46.8 Å². The molecule has 1 aliphatic rings. The quantitative estimate of drug-likeness (QED) is 0.755. The molecule has 1 aromatic heterocycles. The number of hydrogen-bond acceptors (Lipinski definition) is 6. The van der Waals surface area contributed by atoms with Crippen molar-refractivity contribution in [2.24, 2.45) is 0 Å². The van der Waals surface area contributed by atoms with Crippen molar-refractivity contribution in [2.75, 3.05) is 39.3 Å². The van der Waals surface area contributed by atoms with Gasteiger partial charge in [0, 0.05) is 37.6 Å². The van der Waals surface area contributed by atoms with Gasteiger partial charge in [-0.05, 0) is 43.3 Å². The van der Waals surface area contributed by atoms with E-state index in [1.54, 1.807) is 34.6 Å². The van der Waals surface area contributed by atoms with Gasteiger partial charge in [-0.3, -0.25) is 4.90 Å². The van der Waals surface area contributed by atoms with Crippen LogP contribution in [0.2, 0.25) is 0 Å². The summed E-state index contributed by atoms with van der Waals surface area (Å²) in [5, 5.41) is 8.78. The van der Waals surface area contributed by atoms with E-state index < -0.39 is 10.0 Å². The first-order chi connectivity index (χ1) is 12.5. The van der Waals surface area contributed by atoms with Crippen LogP contribution in [0, 0.1) is 18.3 Å². The third-order valence-corrected chi connectivity index (χ3v) is 7.67. The highest BCUT2D eigenvalue weighted by atomic mass is 32.2. The van der Waals surface area contributed by atoms with E-state index in [2.05, 4.69) is 11.0 Å². The maximum absolute atomic E-state index is 12.6. The minimum atomic E-state index is -3.37. The third-order valence-electron chi connectivity index (χ3n) is 4.30. The number of nitriles is 1. The number of piperazine rings is 1. The molecular weight excluding hydrogens is 370 g/mol. The molecule has 6 nitrogen and oxygen atoms in total. The van der Waals surface area contributed by atoms with Gasteiger partial charge in [-0.1, -0.05) is 0 Å². The standard InChI is InChI=1S/C18H21N3O3S2/c1-15-2-7-18(25-15)26(22,23)21-10-8-20(9-11-21)12-13-24-17-5-3-16(14-19)4-6-17/h2-7H,8-13H2,1H3. The van der Waals surface area contributed by atoms with Gasteiger partial charge in [0.05, 0.1) is 11.6 Å². The van der Waals surface area contributed by atoms with Crippen LogP contribution in [0.15, 0.2) is 40.6 Å². The van der Waals surface area contributed by atoms with Gasteiger partial charge in [-0.2, -0.15) is 9.57 Å². The molecule has 2 heterocycles. The molecule has 1 aliphatic heterocycles. The fourth-order valence-electron chi connectivity index (χ4n) is 2.79. The fourth-order valence-corrected chi connectivity index (χ4v) is 5.65. The summed E-state index contributed by atoms with van der Waals surface area (Å²) in [6.45, 7) is 5.57. The third kappa shape index (κ3) is 4.43. The molecular formula is C18H21N3O3S2. The maximum Gasteiger partial charge on any atom is 0.252 e. The molecule has 3 rings (SSSR count). The molecule has 1 fully saturated rings. The molecule has 0 atom stereocenters. The smallest absolute Gasteiger partial charge is 0.252 e. The van der Waals surface area contributed by atoms with E-state index in [9.17, 15) is 8.42 Å². The van der Waals surface area contributed by atoms with Crippen LogP contribution in [0.4, 0.5) is 0 Å². The monoisotopic (exact) mass is 391 g/mol. The topological polar surface area (TPSA) is 73.6 Å². The van der Waals surface area contributed by atoms with Crippen LogP contribution in [-0.4, -0.2) is 57.0 Å². The van der Waals surface area contributed by atoms with Crippen molar-refractivity contribution in [3.63, 3.8) is 0 Å². The second-order valence-electron chi connectivity index (χ2n) is 6.10. The summed E-state index contributed by atoms with van der Waals surface area (Å²) in [6.07, 6.45) is 0. The van der Waals surface area contributed by atoms with Gasteiger partial charge in [-0.15, -0.1) is 11.3 Å². The van der Waals surface area contributed by atoms with Crippen molar-refractivity contribution >= 4 is 21.4 Å². The Bertz CT molecular complexity index is 877. The molecule has 0 aliphatic carbocycles. The summed E-state index contributed by atoms with van der Waals surface area (Å²) in [4.78, 5) is 3.21. The van der Waals surface area contributed by atoms with Gasteiger partial charge < -0.3 is 4.74 Å². The minimum Gasteiger partial charge on any atom is -0.492 e. The van der Waals surface area contributed by atoms with Crippen LogP contribution >= 0.6 is 11.3 Å². The Kier molecular flexibility index (Phi) is 5.94. The van der Waals surface area contributed by atoms with Crippen LogP contribution in [0.25, 0.3) is 0 Å². The first-order valence-electron chi connectivity index (χ1n) is 8.41. The number of rotatable bonds is 6. The molecule has 0 N–H and O–H groups in total. The van der Waals surface area contributed by atoms with E-state index in [1.807, 2.05) is 13.0 Å². The molecule has 0 radical (unpaired) electrons. The van der Waals surface area contributed by atoms with Gasteiger partial charge >= 0.3 is 0 Å². The van der Waals surface area contributed by atoms with E-state index in [0.717, 1.165) is 17.2 Å². The van der Waals surface area contributed by atoms with Gasteiger partial charge in [-0.25, -0.2) is 8.42 Å². The molecule has 0 unspecified atom stereocenters. The molecule has 1 aromatic carbocycles. The summed E-state index contributed by atoms with van der Waals surface area (Å²) in [5.41, 5.74) is 0.607. The lowest BCUT2D eigenvalue weighted by molar-refractivity contribution is 0.159. The Balaban J connectivity index is 1.45. The number of nitrogens with zero attached hydrogens (tertiary/aromatic N) is 3. The number of sulfonamides is 1. The van der Waals surface area contributed by atoms with E-state index >= 15 is 0 Å². The fraction of sp³-hybridized carbons (Fsp3) is 0.389. The molecule has 138 valence electrons. The Labute approximate surface area is 158 Å². The van der Waals surface area contributed by atoms with Crippen LogP contribution in [-0.2, 0) is 10.0 Å². The number of aryl methyl sites for hydroxylation is 1. The highest BCUT2D eigenvalue weighted by molar-refractivity contribution is 7.91. The molecule has 26 heavy (non-hydrogen) atoms. The van der Waals surface area contributed by atoms with Crippen LogP contribution < -0.4 is 4.74 Å². The summed E-state index contributed by atoms with van der Waals surface area (Å²) in [5.74, 6) is 0.735. The maximum atomic E-state index is 12.6. The van der Waals surface area contributed by atoms with Gasteiger partial charge in [0.25, 0.3) is 10.0 Å². The van der Waals surface area contributed by atoms with Gasteiger partial charge in [0.1, 0.15) is 16.6 Å². The first kappa shape index (κ1) is 18.9. The van der Waals surface area contributed by atoms with Gasteiger partial charge in [0.2, 0.25) is 0 Å². The molecule has 0 amide bonds. The summed E-state index contributed by atoms with van der Waals surface area (Å²) < 4.78 is 32.9.